The van der Waals surface area contributed by atoms with E-state index in [0.717, 1.165) is 0 Å². The van der Waals surface area contributed by atoms with Crippen molar-refractivity contribution in [3.05, 3.63) is 47.0 Å². The summed E-state index contributed by atoms with van der Waals surface area (Å²) in [5.74, 6) is 0. The van der Waals surface area contributed by atoms with Crippen molar-refractivity contribution in [2.24, 2.45) is 0 Å². The van der Waals surface area contributed by atoms with Gasteiger partial charge in [0.15, 0.2) is 0 Å². The number of fused-ring (bicyclic) bond motifs is 1. The van der Waals surface area contributed by atoms with Gasteiger partial charge in [-0.15, -0.1) is 0 Å². The molecule has 0 amide bonds. The fourth-order valence-electron chi connectivity index (χ4n) is 2.37. The first kappa shape index (κ1) is 8.21. The molecule has 72 valence electrons. The van der Waals surface area contributed by atoms with Gasteiger partial charge in [-0.2, -0.15) is 0 Å². The monoisotopic (exact) mass is 188 g/mol. The zero-order valence-electron chi connectivity index (χ0n) is 8.28. The normalized spacial score (nSPS) is 33.1. The summed E-state index contributed by atoms with van der Waals surface area (Å²) < 4.78 is 0. The number of rotatable bonds is 0. The highest BCUT2D eigenvalue weighted by molar-refractivity contribution is 5.47. The van der Waals surface area contributed by atoms with Crippen molar-refractivity contribution in [1.29, 1.82) is 0 Å². The minimum absolute atomic E-state index is 0.0216. The fraction of sp³-hybridized carbons (Fsp3) is 0.333. The second-order valence-electron chi connectivity index (χ2n) is 4.11. The topological polar surface area (TPSA) is 18.5 Å². The maximum Gasteiger partial charge on any atom is 0.145 e. The van der Waals surface area contributed by atoms with Crippen molar-refractivity contribution in [3.8, 4) is 0 Å². The molecule has 1 aliphatic carbocycles. The van der Waals surface area contributed by atoms with Gasteiger partial charge < -0.3 is 0 Å². The van der Waals surface area contributed by atoms with Gasteiger partial charge >= 0.3 is 0 Å². The molecule has 14 heavy (non-hydrogen) atoms. The van der Waals surface area contributed by atoms with Crippen LogP contribution in [0.2, 0.25) is 0 Å². The van der Waals surface area contributed by atoms with E-state index in [2.05, 4.69) is 37.3 Å². The van der Waals surface area contributed by atoms with Gasteiger partial charge in [0.05, 0.1) is 0 Å². The van der Waals surface area contributed by atoms with Gasteiger partial charge in [-0.3, -0.25) is 0 Å². The van der Waals surface area contributed by atoms with Gasteiger partial charge in [-0.25, -0.2) is 9.78 Å². The van der Waals surface area contributed by atoms with Crippen LogP contribution in [-0.2, 0) is 15.4 Å². The molecule has 4 rings (SSSR count). The number of aryl methyl sites for hydroxylation is 1. The van der Waals surface area contributed by atoms with E-state index < -0.39 is 5.60 Å². The molecule has 0 saturated carbocycles. The van der Waals surface area contributed by atoms with E-state index >= 15 is 0 Å². The lowest BCUT2D eigenvalue weighted by Gasteiger charge is -2.40. The van der Waals surface area contributed by atoms with Gasteiger partial charge in [-0.1, -0.05) is 18.2 Å². The molecule has 2 bridgehead atoms. The van der Waals surface area contributed by atoms with Gasteiger partial charge in [-0.05, 0) is 42.7 Å². The smallest absolute Gasteiger partial charge is 0.145 e. The van der Waals surface area contributed by atoms with E-state index in [-0.39, 0.29) is 6.10 Å². The zero-order chi connectivity index (χ0) is 9.76. The van der Waals surface area contributed by atoms with Crippen LogP contribution in [-0.4, -0.2) is 0 Å². The summed E-state index contributed by atoms with van der Waals surface area (Å²) in [5.41, 5.74) is 3.37. The molecule has 2 aliphatic heterocycles. The molecule has 1 aromatic rings. The molecule has 0 radical (unpaired) electrons. The Morgan fingerprint density at radius 1 is 1.36 bits per heavy atom. The second-order valence-corrected chi connectivity index (χ2v) is 4.11. The highest BCUT2D eigenvalue weighted by Crippen LogP contribution is 2.46. The van der Waals surface area contributed by atoms with Crippen molar-refractivity contribution < 1.29 is 9.78 Å². The van der Waals surface area contributed by atoms with E-state index in [1.165, 1.54) is 16.7 Å². The molecular weight excluding hydrogens is 176 g/mol. The molecule has 2 heteroatoms. The third kappa shape index (κ3) is 0.873. The Labute approximate surface area is 83.1 Å². The van der Waals surface area contributed by atoms with Crippen LogP contribution in [0.15, 0.2) is 30.4 Å². The fourth-order valence-corrected chi connectivity index (χ4v) is 2.37. The molecule has 0 aromatic heterocycles. The van der Waals surface area contributed by atoms with E-state index in [1.807, 2.05) is 6.92 Å². The van der Waals surface area contributed by atoms with Crippen LogP contribution >= 0.6 is 0 Å². The van der Waals surface area contributed by atoms with Crippen molar-refractivity contribution in [2.75, 3.05) is 0 Å². The lowest BCUT2D eigenvalue weighted by atomic mass is 9.80. The van der Waals surface area contributed by atoms with Gasteiger partial charge in [0, 0.05) is 0 Å². The molecule has 2 nitrogen and oxygen atoms in total. The predicted octanol–water partition coefficient (Wildman–Crippen LogP) is 2.78. The van der Waals surface area contributed by atoms with E-state index in [4.69, 9.17) is 9.78 Å². The van der Waals surface area contributed by atoms with Crippen molar-refractivity contribution in [3.63, 3.8) is 0 Å². The predicted molar refractivity (Wildman–Crippen MR) is 52.6 cm³/mol. The Bertz CT molecular complexity index is 422. The molecule has 1 aromatic carbocycles. The minimum atomic E-state index is -0.393. The SMILES string of the molecule is Cc1cccc2c1C1(C)C=CC2OO1. The molecule has 0 spiro atoms. The molecule has 3 aliphatic rings. The highest BCUT2D eigenvalue weighted by atomic mass is 17.2. The Kier molecular flexibility index (Phi) is 1.45. The first-order chi connectivity index (χ1) is 6.71. The lowest BCUT2D eigenvalue weighted by molar-refractivity contribution is -0.386. The van der Waals surface area contributed by atoms with Crippen LogP contribution < -0.4 is 0 Å². The van der Waals surface area contributed by atoms with E-state index in [1.54, 1.807) is 0 Å². The summed E-state index contributed by atoms with van der Waals surface area (Å²) in [7, 11) is 0. The summed E-state index contributed by atoms with van der Waals surface area (Å²) in [6.45, 7) is 4.15. The van der Waals surface area contributed by atoms with Crippen molar-refractivity contribution in [2.45, 2.75) is 25.6 Å². The van der Waals surface area contributed by atoms with Crippen molar-refractivity contribution >= 4 is 0 Å². The van der Waals surface area contributed by atoms with Gasteiger partial charge in [0.25, 0.3) is 0 Å². The highest BCUT2D eigenvalue weighted by Gasteiger charge is 2.41. The maximum absolute atomic E-state index is 5.38. The van der Waals surface area contributed by atoms with Gasteiger partial charge in [0.1, 0.15) is 11.7 Å². The molecule has 0 saturated heterocycles. The quantitative estimate of drug-likeness (QED) is 0.460. The lowest BCUT2D eigenvalue weighted by Crippen LogP contribution is -2.36. The van der Waals surface area contributed by atoms with E-state index in [9.17, 15) is 0 Å². The standard InChI is InChI=1S/C12H12O2/c1-8-4-3-5-9-10-6-7-12(2,11(8)9)14-13-10/h3-7,10H,1-2H3. The number of benzene rings is 1. The Hall–Kier alpha value is -1.12. The molecular formula is C12H12O2. The molecule has 0 fully saturated rings. The molecule has 0 N–H and O–H groups in total. The van der Waals surface area contributed by atoms with Crippen LogP contribution in [0.25, 0.3) is 0 Å². The van der Waals surface area contributed by atoms with E-state index in [0.29, 0.717) is 0 Å². The second kappa shape index (κ2) is 2.47. The summed E-state index contributed by atoms with van der Waals surface area (Å²) >= 11 is 0. The van der Waals surface area contributed by atoms with Crippen LogP contribution in [0.5, 0.6) is 0 Å². The Balaban J connectivity index is 2.33. The first-order valence-electron chi connectivity index (χ1n) is 4.84. The third-order valence-electron chi connectivity index (χ3n) is 3.02. The largest absolute Gasteiger partial charge is 0.223 e. The van der Waals surface area contributed by atoms with Crippen LogP contribution in [0.1, 0.15) is 29.7 Å². The number of hydrogen-bond acceptors (Lipinski definition) is 2. The van der Waals surface area contributed by atoms with Gasteiger partial charge in [0.2, 0.25) is 0 Å². The van der Waals surface area contributed by atoms with Crippen LogP contribution in [0.3, 0.4) is 0 Å². The minimum Gasteiger partial charge on any atom is -0.223 e. The Morgan fingerprint density at radius 3 is 2.86 bits per heavy atom. The van der Waals surface area contributed by atoms with Crippen molar-refractivity contribution in [1.82, 2.24) is 0 Å². The summed E-state index contributed by atoms with van der Waals surface area (Å²) in [5, 5.41) is 0. The first-order valence-corrected chi connectivity index (χ1v) is 4.84. The third-order valence-corrected chi connectivity index (χ3v) is 3.02. The van der Waals surface area contributed by atoms with Crippen LogP contribution in [0, 0.1) is 6.92 Å². The average Bonchev–Trinajstić information content (AvgIpc) is 2.18. The Morgan fingerprint density at radius 2 is 2.21 bits per heavy atom. The number of hydrogen-bond donors (Lipinski definition) is 0. The molecule has 2 unspecified atom stereocenters. The zero-order valence-corrected chi connectivity index (χ0v) is 8.28. The maximum atomic E-state index is 5.38. The summed E-state index contributed by atoms with van der Waals surface area (Å²) in [6.07, 6.45) is 4.12. The van der Waals surface area contributed by atoms with Crippen LogP contribution in [0.4, 0.5) is 0 Å². The summed E-state index contributed by atoms with van der Waals surface area (Å²) in [4.78, 5) is 10.7. The molecule has 2 heterocycles. The molecule has 2 atom stereocenters. The summed E-state index contributed by atoms with van der Waals surface area (Å²) in [6, 6.07) is 6.29. The average molecular weight is 188 g/mol.